The number of benzene rings is 2. The number of fused-ring (bicyclic) bond motifs is 1. The molecule has 0 spiro atoms. The van der Waals surface area contributed by atoms with E-state index in [9.17, 15) is 4.79 Å². The first kappa shape index (κ1) is 24.6. The summed E-state index contributed by atoms with van der Waals surface area (Å²) in [5, 5.41) is 6.25. The number of hydrogen-bond acceptors (Lipinski definition) is 10. The summed E-state index contributed by atoms with van der Waals surface area (Å²) in [5.41, 5.74) is 15.4. The van der Waals surface area contributed by atoms with Crippen LogP contribution in [-0.2, 0) is 6.42 Å². The third-order valence-electron chi connectivity index (χ3n) is 6.19. The number of rotatable bonds is 8. The number of aromatic nitrogens is 2. The van der Waals surface area contributed by atoms with Gasteiger partial charge in [-0.15, -0.1) is 0 Å². The number of carbonyl (C=O) groups excluding carboxylic acids is 1. The maximum absolute atomic E-state index is 13.5. The highest BCUT2D eigenvalue weighted by Gasteiger charge is 2.28. The van der Waals surface area contributed by atoms with Gasteiger partial charge in [0.05, 0.1) is 32.3 Å². The molecule has 38 heavy (non-hydrogen) atoms. The summed E-state index contributed by atoms with van der Waals surface area (Å²) in [7, 11) is 3.00. The minimum Gasteiger partial charge on any atom is -0.493 e. The van der Waals surface area contributed by atoms with Crippen molar-refractivity contribution in [1.29, 1.82) is 0 Å². The van der Waals surface area contributed by atoms with Gasteiger partial charge >= 0.3 is 0 Å². The Bertz CT molecular complexity index is 1530. The number of methoxy groups -OCH3 is 2. The van der Waals surface area contributed by atoms with Crippen molar-refractivity contribution in [2.24, 2.45) is 5.10 Å². The molecule has 0 saturated carbocycles. The number of allylic oxidation sites excluding steroid dienone is 1. The number of nitrogen functional groups attached to an aromatic ring is 2. The van der Waals surface area contributed by atoms with Gasteiger partial charge in [0.2, 0.25) is 5.95 Å². The van der Waals surface area contributed by atoms with Gasteiger partial charge in [0, 0.05) is 36.0 Å². The van der Waals surface area contributed by atoms with E-state index in [1.54, 1.807) is 42.0 Å². The van der Waals surface area contributed by atoms with Crippen molar-refractivity contribution in [2.75, 3.05) is 25.7 Å². The predicted molar refractivity (Wildman–Crippen MR) is 143 cm³/mol. The van der Waals surface area contributed by atoms with Crippen molar-refractivity contribution in [3.8, 4) is 11.5 Å². The lowest BCUT2D eigenvalue weighted by molar-refractivity contribution is 0.104. The van der Waals surface area contributed by atoms with Crippen molar-refractivity contribution in [3.63, 3.8) is 0 Å². The van der Waals surface area contributed by atoms with Crippen LogP contribution < -0.4 is 20.9 Å². The highest BCUT2D eigenvalue weighted by molar-refractivity contribution is 6.07. The zero-order chi connectivity index (χ0) is 26.6. The molecule has 2 aromatic heterocycles. The monoisotopic (exact) mass is 510 g/mol. The topological polar surface area (TPSA) is 142 Å². The average molecular weight is 511 g/mol. The van der Waals surface area contributed by atoms with Crippen LogP contribution in [0.1, 0.15) is 44.4 Å². The highest BCUT2D eigenvalue weighted by atomic mass is 16.5. The quantitative estimate of drug-likeness (QED) is 0.266. The fourth-order valence-electron chi connectivity index (χ4n) is 4.40. The fourth-order valence-corrected chi connectivity index (χ4v) is 4.40. The average Bonchev–Trinajstić information content (AvgIpc) is 3.47. The van der Waals surface area contributed by atoms with Gasteiger partial charge in [-0.05, 0) is 35.4 Å². The van der Waals surface area contributed by atoms with Crippen LogP contribution in [0.15, 0.2) is 82.8 Å². The van der Waals surface area contributed by atoms with Crippen LogP contribution in [0.3, 0.4) is 0 Å². The number of nitrogens with zero attached hydrogens (tertiary/aromatic N) is 4. The molecule has 0 amide bonds. The summed E-state index contributed by atoms with van der Waals surface area (Å²) in [6.07, 6.45) is 8.38. The van der Waals surface area contributed by atoms with E-state index in [4.69, 9.17) is 25.4 Å². The number of anilines is 2. The molecule has 1 aliphatic rings. The van der Waals surface area contributed by atoms with E-state index < -0.39 is 0 Å². The molecule has 1 atom stereocenters. The zero-order valence-electron chi connectivity index (χ0n) is 20.9. The smallest absolute Gasteiger partial charge is 0.221 e. The normalized spacial score (nSPS) is 14.5. The molecule has 3 heterocycles. The third-order valence-corrected chi connectivity index (χ3v) is 6.19. The molecule has 192 valence electrons. The minimum absolute atomic E-state index is 0.0930. The van der Waals surface area contributed by atoms with Crippen LogP contribution in [0.4, 0.5) is 11.8 Å². The molecule has 10 heteroatoms. The maximum atomic E-state index is 13.5. The van der Waals surface area contributed by atoms with Crippen molar-refractivity contribution in [2.45, 2.75) is 12.5 Å². The SMILES string of the molecule is COc1cc(Cc2cnc(N)nc2N)cc(C(=O)C=CN2N=Cc3ccccc3C2c2ccco2)c1OC. The molecule has 1 unspecified atom stereocenters. The first-order valence-electron chi connectivity index (χ1n) is 11.8. The van der Waals surface area contributed by atoms with E-state index in [2.05, 4.69) is 15.1 Å². The predicted octanol–water partition coefficient (Wildman–Crippen LogP) is 3.98. The van der Waals surface area contributed by atoms with Gasteiger partial charge in [-0.2, -0.15) is 10.1 Å². The summed E-state index contributed by atoms with van der Waals surface area (Å²) in [5.74, 6) is 1.51. The molecule has 1 aliphatic heterocycles. The lowest BCUT2D eigenvalue weighted by atomic mass is 9.97. The Labute approximate surface area is 219 Å². The molecule has 4 N–H and O–H groups in total. The number of furan rings is 1. The van der Waals surface area contributed by atoms with Crippen molar-refractivity contribution in [3.05, 3.63) is 107 Å². The van der Waals surface area contributed by atoms with E-state index in [0.29, 0.717) is 34.8 Å². The van der Waals surface area contributed by atoms with Crippen LogP contribution in [0.25, 0.3) is 0 Å². The Kier molecular flexibility index (Phi) is 6.77. The van der Waals surface area contributed by atoms with E-state index >= 15 is 0 Å². The van der Waals surface area contributed by atoms with Crippen molar-refractivity contribution < 1.29 is 18.7 Å². The number of hydrogen-bond donors (Lipinski definition) is 2. The minimum atomic E-state index is -0.327. The molecule has 0 radical (unpaired) electrons. The first-order valence-corrected chi connectivity index (χ1v) is 11.8. The number of hydrazone groups is 1. The third kappa shape index (κ3) is 4.79. The van der Waals surface area contributed by atoms with Gasteiger partial charge in [0.15, 0.2) is 17.3 Å². The van der Waals surface area contributed by atoms with Crippen LogP contribution in [-0.4, -0.2) is 41.2 Å². The summed E-state index contributed by atoms with van der Waals surface area (Å²) in [6, 6.07) is 14.8. The van der Waals surface area contributed by atoms with Gasteiger partial charge < -0.3 is 25.4 Å². The summed E-state index contributed by atoms with van der Waals surface area (Å²) in [6.45, 7) is 0. The Balaban J connectivity index is 1.48. The number of carbonyl (C=O) groups is 1. The maximum Gasteiger partial charge on any atom is 0.221 e. The largest absolute Gasteiger partial charge is 0.493 e. The molecule has 10 nitrogen and oxygen atoms in total. The lowest BCUT2D eigenvalue weighted by Gasteiger charge is -2.29. The second-order valence-electron chi connectivity index (χ2n) is 8.55. The molecule has 5 rings (SSSR count). The molecule has 2 aromatic carbocycles. The molecule has 0 aliphatic carbocycles. The fraction of sp³-hybridized carbons (Fsp3) is 0.143. The molecular formula is C28H26N6O4. The van der Waals surface area contributed by atoms with Crippen LogP contribution in [0.5, 0.6) is 11.5 Å². The zero-order valence-corrected chi connectivity index (χ0v) is 20.9. The number of ketones is 1. The Morgan fingerprint density at radius 1 is 1.13 bits per heavy atom. The van der Waals surface area contributed by atoms with Crippen LogP contribution in [0.2, 0.25) is 0 Å². The van der Waals surface area contributed by atoms with Gasteiger partial charge in [0.25, 0.3) is 0 Å². The number of nitrogens with two attached hydrogens (primary N) is 2. The molecule has 0 fully saturated rings. The van der Waals surface area contributed by atoms with E-state index in [0.717, 1.165) is 16.7 Å². The van der Waals surface area contributed by atoms with Gasteiger partial charge in [0.1, 0.15) is 17.6 Å². The second kappa shape index (κ2) is 10.5. The van der Waals surface area contributed by atoms with Crippen LogP contribution >= 0.6 is 0 Å². The summed E-state index contributed by atoms with van der Waals surface area (Å²) < 4.78 is 16.8. The summed E-state index contributed by atoms with van der Waals surface area (Å²) >= 11 is 0. The second-order valence-corrected chi connectivity index (χ2v) is 8.55. The van der Waals surface area contributed by atoms with Gasteiger partial charge in [-0.3, -0.25) is 9.80 Å². The Hall–Kier alpha value is -5.12. The summed E-state index contributed by atoms with van der Waals surface area (Å²) in [4.78, 5) is 21.5. The molecule has 4 aromatic rings. The highest BCUT2D eigenvalue weighted by Crippen LogP contribution is 2.36. The standard InChI is InChI=1S/C28H26N6O4/c1-36-24-14-17(12-19-15-31-28(30)33-27(19)29)13-21(26(24)37-2)22(35)9-10-34-25(23-8-5-11-38-23)20-7-4-3-6-18(20)16-32-34/h3-11,13-16,25H,12H2,1-2H3,(H4,29,30,31,33). The molecule has 0 bridgehead atoms. The Morgan fingerprint density at radius 2 is 1.97 bits per heavy atom. The van der Waals surface area contributed by atoms with E-state index in [-0.39, 0.29) is 23.6 Å². The van der Waals surface area contributed by atoms with E-state index in [1.165, 1.54) is 20.3 Å². The van der Waals surface area contributed by atoms with Crippen molar-refractivity contribution in [1.82, 2.24) is 15.0 Å². The Morgan fingerprint density at radius 3 is 2.71 bits per heavy atom. The molecular weight excluding hydrogens is 484 g/mol. The number of ether oxygens (including phenoxy) is 2. The van der Waals surface area contributed by atoms with Crippen LogP contribution in [0, 0.1) is 0 Å². The van der Waals surface area contributed by atoms with Crippen molar-refractivity contribution >= 4 is 23.8 Å². The van der Waals surface area contributed by atoms with E-state index in [1.807, 2.05) is 36.4 Å². The van der Waals surface area contributed by atoms with Gasteiger partial charge in [-0.1, -0.05) is 24.3 Å². The lowest BCUT2D eigenvalue weighted by Crippen LogP contribution is -2.24. The first-order chi connectivity index (χ1) is 18.5. The molecule has 0 saturated heterocycles. The van der Waals surface area contributed by atoms with Gasteiger partial charge in [-0.25, -0.2) is 4.98 Å².